The first kappa shape index (κ1) is 17.4. The summed E-state index contributed by atoms with van der Waals surface area (Å²) >= 11 is 0. The van der Waals surface area contributed by atoms with Gasteiger partial charge in [-0.05, 0) is 41.5 Å². The van der Waals surface area contributed by atoms with Crippen LogP contribution in [0.3, 0.4) is 0 Å². The van der Waals surface area contributed by atoms with Crippen LogP contribution < -0.4 is 10.7 Å². The van der Waals surface area contributed by atoms with Gasteiger partial charge in [0.15, 0.2) is 0 Å². The summed E-state index contributed by atoms with van der Waals surface area (Å²) in [6.45, 7) is 0. The second kappa shape index (κ2) is 7.32. The topological polar surface area (TPSA) is 75.0 Å². The molecular formula is C23H15N2O3-. The second-order valence-corrected chi connectivity index (χ2v) is 6.21. The van der Waals surface area contributed by atoms with Crippen molar-refractivity contribution in [3.8, 4) is 5.69 Å². The van der Waals surface area contributed by atoms with E-state index >= 15 is 0 Å². The molecule has 0 aliphatic rings. The lowest BCUT2D eigenvalue weighted by atomic mass is 10.1. The van der Waals surface area contributed by atoms with Crippen molar-refractivity contribution in [1.29, 1.82) is 0 Å². The van der Waals surface area contributed by atoms with Crippen LogP contribution >= 0.6 is 0 Å². The van der Waals surface area contributed by atoms with Gasteiger partial charge in [0.2, 0.25) is 0 Å². The zero-order valence-corrected chi connectivity index (χ0v) is 14.8. The molecule has 0 amide bonds. The number of hydrogen-bond donors (Lipinski definition) is 0. The molecule has 0 N–H and O–H groups in total. The van der Waals surface area contributed by atoms with Gasteiger partial charge in [-0.1, -0.05) is 60.7 Å². The minimum atomic E-state index is -1.30. The zero-order valence-electron chi connectivity index (χ0n) is 14.8. The molecule has 0 aliphatic carbocycles. The minimum absolute atomic E-state index is 0.00412. The van der Waals surface area contributed by atoms with Gasteiger partial charge >= 0.3 is 0 Å². The van der Waals surface area contributed by atoms with Crippen molar-refractivity contribution in [2.45, 2.75) is 0 Å². The highest BCUT2D eigenvalue weighted by molar-refractivity contribution is 5.86. The number of aromatic nitrogens is 2. The maximum atomic E-state index is 13.2. The number of carbonyl (C=O) groups excluding carboxylic acids is 1. The van der Waals surface area contributed by atoms with Crippen LogP contribution in [-0.2, 0) is 0 Å². The Morgan fingerprint density at radius 1 is 0.893 bits per heavy atom. The molecular weight excluding hydrogens is 352 g/mol. The van der Waals surface area contributed by atoms with Crippen LogP contribution in [0.25, 0.3) is 28.7 Å². The highest BCUT2D eigenvalue weighted by Gasteiger charge is 2.11. The van der Waals surface area contributed by atoms with Gasteiger partial charge in [0.1, 0.15) is 5.82 Å². The fourth-order valence-electron chi connectivity index (χ4n) is 3.02. The summed E-state index contributed by atoms with van der Waals surface area (Å²) in [6.07, 6.45) is 3.60. The van der Waals surface area contributed by atoms with Gasteiger partial charge < -0.3 is 9.90 Å². The van der Waals surface area contributed by atoms with Crippen LogP contribution in [0, 0.1) is 0 Å². The smallest absolute Gasteiger partial charge is 0.266 e. The molecule has 4 rings (SSSR count). The molecule has 0 radical (unpaired) electrons. The fraction of sp³-hybridized carbons (Fsp3) is 0. The summed E-state index contributed by atoms with van der Waals surface area (Å²) < 4.78 is 1.41. The normalized spacial score (nSPS) is 11.1. The molecule has 3 aromatic carbocycles. The van der Waals surface area contributed by atoms with E-state index in [9.17, 15) is 14.7 Å². The third-order valence-electron chi connectivity index (χ3n) is 4.37. The Kier molecular flexibility index (Phi) is 4.56. The molecule has 0 spiro atoms. The first-order valence-electron chi connectivity index (χ1n) is 8.70. The number of hydrogen-bond acceptors (Lipinski definition) is 4. The quantitative estimate of drug-likeness (QED) is 0.556. The lowest BCUT2D eigenvalue weighted by Crippen LogP contribution is -2.25. The van der Waals surface area contributed by atoms with Gasteiger partial charge in [-0.3, -0.25) is 9.36 Å². The first-order chi connectivity index (χ1) is 13.6. The summed E-state index contributed by atoms with van der Waals surface area (Å²) in [7, 11) is 0. The summed E-state index contributed by atoms with van der Waals surface area (Å²) in [4.78, 5) is 29.0. The van der Waals surface area contributed by atoms with E-state index in [4.69, 9.17) is 0 Å². The van der Waals surface area contributed by atoms with Crippen molar-refractivity contribution in [3.05, 3.63) is 106 Å². The molecule has 4 aromatic rings. The Balaban J connectivity index is 1.96. The van der Waals surface area contributed by atoms with Crippen molar-refractivity contribution in [2.75, 3.05) is 0 Å². The molecule has 0 fully saturated rings. The molecule has 5 nitrogen and oxygen atoms in total. The van der Waals surface area contributed by atoms with Gasteiger partial charge in [-0.25, -0.2) is 4.98 Å². The van der Waals surface area contributed by atoms with Crippen LogP contribution in [-0.4, -0.2) is 15.5 Å². The monoisotopic (exact) mass is 367 g/mol. The molecule has 0 aliphatic heterocycles. The molecule has 28 heavy (non-hydrogen) atoms. The average molecular weight is 367 g/mol. The lowest BCUT2D eigenvalue weighted by Gasteiger charge is -2.13. The maximum Gasteiger partial charge on any atom is 0.266 e. The van der Waals surface area contributed by atoms with Crippen LogP contribution in [0.5, 0.6) is 0 Å². The highest BCUT2D eigenvalue weighted by Crippen LogP contribution is 2.16. The Morgan fingerprint density at radius 3 is 2.43 bits per heavy atom. The van der Waals surface area contributed by atoms with Crippen molar-refractivity contribution in [3.63, 3.8) is 0 Å². The lowest BCUT2D eigenvalue weighted by molar-refractivity contribution is -0.255. The fourth-order valence-corrected chi connectivity index (χ4v) is 3.02. The predicted octanol–water partition coefficient (Wildman–Crippen LogP) is 2.92. The molecule has 136 valence electrons. The molecule has 0 saturated heterocycles. The molecule has 5 heteroatoms. The van der Waals surface area contributed by atoms with Crippen LogP contribution in [0.2, 0.25) is 0 Å². The summed E-state index contributed by atoms with van der Waals surface area (Å²) in [5.74, 6) is -0.895. The third kappa shape index (κ3) is 3.33. The van der Waals surface area contributed by atoms with Gasteiger partial charge in [-0.2, -0.15) is 0 Å². The van der Waals surface area contributed by atoms with E-state index in [1.54, 1.807) is 36.4 Å². The Morgan fingerprint density at radius 2 is 1.64 bits per heavy atom. The number of rotatable bonds is 4. The van der Waals surface area contributed by atoms with Gasteiger partial charge in [0.05, 0.1) is 22.6 Å². The molecule has 0 bridgehead atoms. The van der Waals surface area contributed by atoms with Gasteiger partial charge in [-0.15, -0.1) is 0 Å². The van der Waals surface area contributed by atoms with E-state index in [1.807, 2.05) is 42.5 Å². The Hall–Kier alpha value is -3.99. The van der Waals surface area contributed by atoms with Crippen molar-refractivity contribution in [1.82, 2.24) is 9.55 Å². The number of nitrogens with zero attached hydrogens (tertiary/aromatic N) is 2. The number of fused-ring (bicyclic) bond motifs is 1. The number of aromatic carboxylic acids is 1. The highest BCUT2D eigenvalue weighted by atomic mass is 16.4. The molecule has 1 heterocycles. The number of carbonyl (C=O) groups is 1. The summed E-state index contributed by atoms with van der Waals surface area (Å²) in [5.41, 5.74) is 1.68. The number of para-hydroxylation sites is 1. The summed E-state index contributed by atoms with van der Waals surface area (Å²) in [6, 6.07) is 22.8. The Labute approximate surface area is 160 Å². The van der Waals surface area contributed by atoms with Gasteiger partial charge in [0.25, 0.3) is 5.56 Å². The first-order valence-corrected chi connectivity index (χ1v) is 8.70. The zero-order chi connectivity index (χ0) is 19.5. The van der Waals surface area contributed by atoms with E-state index < -0.39 is 5.97 Å². The van der Waals surface area contributed by atoms with Crippen LogP contribution in [0.1, 0.15) is 21.7 Å². The summed E-state index contributed by atoms with van der Waals surface area (Å²) in [5, 5.41) is 11.7. The molecule has 0 saturated carbocycles. The Bertz CT molecular complexity index is 1260. The number of benzene rings is 3. The third-order valence-corrected chi connectivity index (χ3v) is 4.37. The average Bonchev–Trinajstić information content (AvgIpc) is 2.73. The standard InChI is InChI=1S/C23H16N2O3/c26-22-19-11-4-5-12-20(19)24-21(14-13-16-7-2-1-3-8-16)25(22)18-10-6-9-17(15-18)23(27)28/h1-15H,(H,27,28)/p-1/b14-13+. The van der Waals surface area contributed by atoms with Crippen molar-refractivity contribution < 1.29 is 9.90 Å². The molecule has 0 atom stereocenters. The number of carboxylic acids is 1. The number of carboxylic acid groups (broad SMARTS) is 1. The SMILES string of the molecule is O=C([O-])c1cccc(-n2c(/C=C/c3ccccc3)nc3ccccc3c2=O)c1. The predicted molar refractivity (Wildman–Crippen MR) is 107 cm³/mol. The van der Waals surface area contributed by atoms with E-state index in [-0.39, 0.29) is 11.1 Å². The van der Waals surface area contributed by atoms with E-state index in [1.165, 1.54) is 16.7 Å². The maximum absolute atomic E-state index is 13.2. The molecule has 1 aromatic heterocycles. The van der Waals surface area contributed by atoms with E-state index in [0.29, 0.717) is 22.4 Å². The van der Waals surface area contributed by atoms with Crippen molar-refractivity contribution >= 4 is 29.0 Å². The van der Waals surface area contributed by atoms with Crippen LogP contribution in [0.15, 0.2) is 83.7 Å². The van der Waals surface area contributed by atoms with E-state index in [2.05, 4.69) is 4.98 Å². The molecule has 0 unspecified atom stereocenters. The van der Waals surface area contributed by atoms with E-state index in [0.717, 1.165) is 5.56 Å². The van der Waals surface area contributed by atoms with Gasteiger partial charge in [0, 0.05) is 0 Å². The van der Waals surface area contributed by atoms with Crippen molar-refractivity contribution in [2.24, 2.45) is 0 Å². The largest absolute Gasteiger partial charge is 0.545 e. The van der Waals surface area contributed by atoms with Crippen LogP contribution in [0.4, 0.5) is 0 Å². The second-order valence-electron chi connectivity index (χ2n) is 6.21. The minimum Gasteiger partial charge on any atom is -0.545 e.